The van der Waals surface area contributed by atoms with Crippen molar-refractivity contribution in [3.05, 3.63) is 65.4 Å². The average molecular weight is 504 g/mol. The quantitative estimate of drug-likeness (QED) is 0.413. The molecule has 2 heterocycles. The number of ether oxygens (including phenoxy) is 1. The lowest BCUT2D eigenvalue weighted by molar-refractivity contribution is 0.0342. The second-order valence-corrected chi connectivity index (χ2v) is 10.5. The van der Waals surface area contributed by atoms with E-state index < -0.39 is 0 Å². The van der Waals surface area contributed by atoms with E-state index in [1.165, 1.54) is 11.6 Å². The first kappa shape index (κ1) is 25.4. The number of phenols is 2. The van der Waals surface area contributed by atoms with Crippen molar-refractivity contribution in [1.82, 2.24) is 14.8 Å². The third-order valence-corrected chi connectivity index (χ3v) is 7.55. The largest absolute Gasteiger partial charge is 0.508 e. The predicted octanol–water partition coefficient (Wildman–Crippen LogP) is 5.18. The fourth-order valence-electron chi connectivity index (χ4n) is 5.46. The predicted molar refractivity (Wildman–Crippen MR) is 144 cm³/mol. The first-order valence-electron chi connectivity index (χ1n) is 13.4. The van der Waals surface area contributed by atoms with Crippen molar-refractivity contribution < 1.29 is 19.7 Å². The Morgan fingerprint density at radius 1 is 1.00 bits per heavy atom. The minimum Gasteiger partial charge on any atom is -0.508 e. The zero-order chi connectivity index (χ0) is 25.9. The van der Waals surface area contributed by atoms with Crippen molar-refractivity contribution in [3.8, 4) is 28.4 Å². The lowest BCUT2D eigenvalue weighted by atomic mass is 9.97. The second kappa shape index (κ2) is 11.0. The van der Waals surface area contributed by atoms with Crippen molar-refractivity contribution in [2.24, 2.45) is 0 Å². The molecular weight excluding hydrogens is 466 g/mol. The number of morpholine rings is 1. The topological polar surface area (TPSA) is 87.0 Å². The Kier molecular flexibility index (Phi) is 7.53. The van der Waals surface area contributed by atoms with Gasteiger partial charge in [0.25, 0.3) is 5.91 Å². The van der Waals surface area contributed by atoms with E-state index in [2.05, 4.69) is 22.3 Å². The molecule has 2 aliphatic rings. The van der Waals surface area contributed by atoms with E-state index in [4.69, 9.17) is 4.74 Å². The van der Waals surface area contributed by atoms with Gasteiger partial charge in [-0.3, -0.25) is 9.69 Å². The van der Waals surface area contributed by atoms with E-state index in [0.717, 1.165) is 69.8 Å². The van der Waals surface area contributed by atoms with Crippen LogP contribution in [0.3, 0.4) is 0 Å². The van der Waals surface area contributed by atoms with Crippen molar-refractivity contribution in [3.63, 3.8) is 0 Å². The number of aromatic hydroxyl groups is 2. The third-order valence-electron chi connectivity index (χ3n) is 7.55. The molecule has 1 aliphatic heterocycles. The number of aromatic nitrogens is 1. The van der Waals surface area contributed by atoms with Crippen LogP contribution in [-0.4, -0.2) is 57.9 Å². The fraction of sp³-hybridized carbons (Fsp3) is 0.433. The number of hydrogen-bond acceptors (Lipinski definition) is 5. The van der Waals surface area contributed by atoms with Crippen molar-refractivity contribution >= 4 is 5.91 Å². The molecule has 1 amide bonds. The number of phenolic OH excluding ortho intramolecular Hbond substituents is 2. The van der Waals surface area contributed by atoms with E-state index in [9.17, 15) is 15.0 Å². The summed E-state index contributed by atoms with van der Waals surface area (Å²) in [5, 5.41) is 24.4. The van der Waals surface area contributed by atoms with E-state index in [1.807, 2.05) is 48.7 Å². The average Bonchev–Trinajstić information content (AvgIpc) is 3.55. The van der Waals surface area contributed by atoms with E-state index in [-0.39, 0.29) is 29.4 Å². The van der Waals surface area contributed by atoms with Crippen molar-refractivity contribution in [2.45, 2.75) is 58.0 Å². The van der Waals surface area contributed by atoms with Gasteiger partial charge in [0.05, 0.1) is 18.9 Å². The van der Waals surface area contributed by atoms with Gasteiger partial charge in [-0.05, 0) is 60.2 Å². The molecule has 2 aromatic carbocycles. The van der Waals surface area contributed by atoms with Crippen LogP contribution < -0.4 is 5.32 Å². The molecule has 1 saturated heterocycles. The molecule has 1 saturated carbocycles. The Labute approximate surface area is 218 Å². The van der Waals surface area contributed by atoms with Gasteiger partial charge >= 0.3 is 0 Å². The molecule has 3 aromatic rings. The summed E-state index contributed by atoms with van der Waals surface area (Å²) in [6.45, 7) is 8.23. The molecule has 1 aromatic heterocycles. The highest BCUT2D eigenvalue weighted by Gasteiger charge is 2.24. The lowest BCUT2D eigenvalue weighted by Gasteiger charge is -2.26. The summed E-state index contributed by atoms with van der Waals surface area (Å²) in [6, 6.07) is 15.4. The molecule has 2 fully saturated rings. The number of amides is 1. The highest BCUT2D eigenvalue weighted by molar-refractivity contribution is 5.95. The molecule has 37 heavy (non-hydrogen) atoms. The summed E-state index contributed by atoms with van der Waals surface area (Å²) >= 11 is 0. The van der Waals surface area contributed by atoms with Crippen LogP contribution in [-0.2, 0) is 11.3 Å². The molecule has 0 spiro atoms. The minimum absolute atomic E-state index is 0.0204. The summed E-state index contributed by atoms with van der Waals surface area (Å²) in [6.07, 6.45) is 4.29. The van der Waals surface area contributed by atoms with Gasteiger partial charge in [-0.15, -0.1) is 0 Å². The molecule has 196 valence electrons. The van der Waals surface area contributed by atoms with Crippen LogP contribution in [0.15, 0.2) is 48.5 Å². The molecule has 0 bridgehead atoms. The van der Waals surface area contributed by atoms with Crippen LogP contribution in [0, 0.1) is 0 Å². The highest BCUT2D eigenvalue weighted by Crippen LogP contribution is 2.39. The van der Waals surface area contributed by atoms with Crippen molar-refractivity contribution in [1.29, 1.82) is 0 Å². The highest BCUT2D eigenvalue weighted by atomic mass is 16.5. The van der Waals surface area contributed by atoms with Crippen LogP contribution in [0.5, 0.6) is 11.5 Å². The Bertz CT molecular complexity index is 1240. The molecule has 0 unspecified atom stereocenters. The molecule has 0 radical (unpaired) electrons. The number of benzene rings is 2. The van der Waals surface area contributed by atoms with Crippen LogP contribution in [0.2, 0.25) is 0 Å². The van der Waals surface area contributed by atoms with Gasteiger partial charge < -0.3 is 24.8 Å². The Balaban J connectivity index is 1.53. The van der Waals surface area contributed by atoms with Crippen molar-refractivity contribution in [2.75, 3.05) is 26.3 Å². The fourth-order valence-corrected chi connectivity index (χ4v) is 5.46. The third kappa shape index (κ3) is 5.53. The number of carbonyl (C=O) groups is 1. The number of nitrogens with zero attached hydrogens (tertiary/aromatic N) is 2. The maximum absolute atomic E-state index is 13.4. The van der Waals surface area contributed by atoms with Gasteiger partial charge in [0.2, 0.25) is 0 Å². The lowest BCUT2D eigenvalue weighted by Crippen LogP contribution is -2.35. The number of nitrogens with one attached hydrogen (secondary N) is 1. The van der Waals surface area contributed by atoms with Crippen LogP contribution in [0.1, 0.15) is 67.1 Å². The number of rotatable bonds is 7. The number of hydrogen-bond donors (Lipinski definition) is 3. The molecule has 7 heteroatoms. The Hall–Kier alpha value is -3.29. The van der Waals surface area contributed by atoms with Gasteiger partial charge in [-0.1, -0.05) is 38.8 Å². The van der Waals surface area contributed by atoms with Crippen LogP contribution in [0.25, 0.3) is 16.9 Å². The normalized spacial score (nSPS) is 16.9. The SMILES string of the molecule is CC(C)c1cc(-c2ccc(C(=O)NC3CCCC3)n2-c2ccc(CN3CCOCC3)cc2)c(O)cc1O. The van der Waals surface area contributed by atoms with E-state index in [1.54, 1.807) is 0 Å². The monoisotopic (exact) mass is 503 g/mol. The zero-order valence-corrected chi connectivity index (χ0v) is 21.7. The zero-order valence-electron chi connectivity index (χ0n) is 21.7. The smallest absolute Gasteiger partial charge is 0.268 e. The van der Waals surface area contributed by atoms with E-state index in [0.29, 0.717) is 17.0 Å². The second-order valence-electron chi connectivity index (χ2n) is 10.5. The molecule has 3 N–H and O–H groups in total. The summed E-state index contributed by atoms with van der Waals surface area (Å²) in [7, 11) is 0. The summed E-state index contributed by atoms with van der Waals surface area (Å²) in [5.74, 6) is 0.0132. The van der Waals surface area contributed by atoms with Crippen LogP contribution >= 0.6 is 0 Å². The molecule has 1 aliphatic carbocycles. The minimum atomic E-state index is -0.113. The van der Waals surface area contributed by atoms with Crippen LogP contribution in [0.4, 0.5) is 0 Å². The first-order valence-corrected chi connectivity index (χ1v) is 13.4. The maximum Gasteiger partial charge on any atom is 0.268 e. The summed E-state index contributed by atoms with van der Waals surface area (Å²) in [4.78, 5) is 15.8. The number of carbonyl (C=O) groups excluding carboxylic acids is 1. The molecule has 7 nitrogen and oxygen atoms in total. The van der Waals surface area contributed by atoms with E-state index >= 15 is 0 Å². The Morgan fingerprint density at radius 2 is 1.70 bits per heavy atom. The van der Waals surface area contributed by atoms with Gasteiger partial charge in [0.15, 0.2) is 0 Å². The summed E-state index contributed by atoms with van der Waals surface area (Å²) in [5.41, 5.74) is 4.61. The van der Waals surface area contributed by atoms with Gasteiger partial charge in [0, 0.05) is 43.0 Å². The standard InChI is InChI=1S/C30H37N3O4/c1-20(2)24-17-25(29(35)18-28(24)34)26-11-12-27(30(36)31-22-5-3-4-6-22)33(26)23-9-7-21(8-10-23)19-32-13-15-37-16-14-32/h7-12,17-18,20,22,34-35H,3-6,13-16,19H2,1-2H3,(H,31,36). The maximum atomic E-state index is 13.4. The first-order chi connectivity index (χ1) is 17.9. The van der Waals surface area contributed by atoms with Gasteiger partial charge in [0.1, 0.15) is 17.2 Å². The molecular formula is C30H37N3O4. The van der Waals surface area contributed by atoms with Gasteiger partial charge in [-0.2, -0.15) is 0 Å². The summed E-state index contributed by atoms with van der Waals surface area (Å²) < 4.78 is 7.38. The molecule has 5 rings (SSSR count). The van der Waals surface area contributed by atoms with Gasteiger partial charge in [-0.25, -0.2) is 0 Å². The molecule has 0 atom stereocenters. The Morgan fingerprint density at radius 3 is 2.38 bits per heavy atom.